The van der Waals surface area contributed by atoms with Crippen LogP contribution in [0, 0.1) is 12.4 Å². The van der Waals surface area contributed by atoms with Crippen LogP contribution in [-0.2, 0) is 0 Å². The molecule has 10 heavy (non-hydrogen) atoms. The lowest BCUT2D eigenvalue weighted by Crippen LogP contribution is -2.23. The van der Waals surface area contributed by atoms with Crippen molar-refractivity contribution in [2.75, 3.05) is 0 Å². The van der Waals surface area contributed by atoms with Crippen molar-refractivity contribution in [1.82, 2.24) is 4.98 Å². The van der Waals surface area contributed by atoms with Gasteiger partial charge in [0.1, 0.15) is 0 Å². The SMILES string of the molecule is O=C([O-])c1ccccn1.[ClH2+]. The summed E-state index contributed by atoms with van der Waals surface area (Å²) < 4.78 is 0. The molecule has 1 aromatic rings. The van der Waals surface area contributed by atoms with Crippen LogP contribution >= 0.6 is 0 Å². The Bertz CT molecular complexity index is 212. The number of carbonyl (C=O) groups excluding carboxylic acids is 1. The number of carbonyl (C=O) groups is 1. The van der Waals surface area contributed by atoms with Crippen LogP contribution in [0.5, 0.6) is 0 Å². The highest BCUT2D eigenvalue weighted by atomic mass is 35.5. The van der Waals surface area contributed by atoms with E-state index in [1.54, 1.807) is 12.1 Å². The van der Waals surface area contributed by atoms with Crippen LogP contribution in [0.1, 0.15) is 10.5 Å². The second-order valence-corrected chi connectivity index (χ2v) is 1.50. The molecule has 0 atom stereocenters. The van der Waals surface area contributed by atoms with Gasteiger partial charge in [0.2, 0.25) is 0 Å². The predicted molar refractivity (Wildman–Crippen MR) is 31.4 cm³/mol. The van der Waals surface area contributed by atoms with E-state index in [2.05, 4.69) is 4.98 Å². The van der Waals surface area contributed by atoms with E-state index in [-0.39, 0.29) is 18.1 Å². The summed E-state index contributed by atoms with van der Waals surface area (Å²) in [6.07, 6.45) is 1.41. The molecule has 0 unspecified atom stereocenters. The Kier molecular flexibility index (Phi) is 3.43. The fourth-order valence-electron chi connectivity index (χ4n) is 0.484. The topological polar surface area (TPSA) is 53.0 Å². The lowest BCUT2D eigenvalue weighted by molar-refractivity contribution is -0.255. The Labute approximate surface area is 64.1 Å². The van der Waals surface area contributed by atoms with Gasteiger partial charge < -0.3 is 9.90 Å². The number of nitrogens with zero attached hydrogens (tertiary/aromatic N) is 1. The van der Waals surface area contributed by atoms with Crippen LogP contribution in [0.3, 0.4) is 0 Å². The molecule has 0 saturated heterocycles. The van der Waals surface area contributed by atoms with Crippen molar-refractivity contribution in [3.05, 3.63) is 30.1 Å². The minimum atomic E-state index is -1.24. The molecule has 0 aliphatic rings. The van der Waals surface area contributed by atoms with E-state index < -0.39 is 5.97 Å². The number of aromatic carboxylic acids is 1. The summed E-state index contributed by atoms with van der Waals surface area (Å²) in [6, 6.07) is 4.62. The largest absolute Gasteiger partial charge is 0.543 e. The van der Waals surface area contributed by atoms with E-state index in [0.29, 0.717) is 0 Å². The normalized spacial score (nSPS) is 8.00. The van der Waals surface area contributed by atoms with Crippen molar-refractivity contribution in [2.45, 2.75) is 0 Å². The summed E-state index contributed by atoms with van der Waals surface area (Å²) in [5.41, 5.74) is -0.0301. The lowest BCUT2D eigenvalue weighted by atomic mass is 10.4. The summed E-state index contributed by atoms with van der Waals surface area (Å²) in [5, 5.41) is 10.0. The summed E-state index contributed by atoms with van der Waals surface area (Å²) in [7, 11) is 0. The molecular weight excluding hydrogens is 154 g/mol. The van der Waals surface area contributed by atoms with Gasteiger partial charge >= 0.3 is 0 Å². The number of hydrogen-bond donors (Lipinski definition) is 0. The first-order chi connectivity index (χ1) is 4.30. The maximum Gasteiger partial charge on any atom is 0.0903 e. The molecule has 4 heteroatoms. The Morgan fingerprint density at radius 1 is 1.50 bits per heavy atom. The highest BCUT2D eigenvalue weighted by Crippen LogP contribution is 1.88. The molecule has 1 heterocycles. The maximum absolute atomic E-state index is 10.0. The molecule has 3 nitrogen and oxygen atoms in total. The van der Waals surface area contributed by atoms with Crippen molar-refractivity contribution in [2.24, 2.45) is 0 Å². The van der Waals surface area contributed by atoms with Crippen LogP contribution in [0.2, 0.25) is 0 Å². The molecule has 54 valence electrons. The zero-order valence-electron chi connectivity index (χ0n) is 5.02. The third kappa shape index (κ3) is 2.03. The average Bonchev–Trinajstić information content (AvgIpc) is 1.90. The first-order valence-electron chi connectivity index (χ1n) is 2.43. The van der Waals surface area contributed by atoms with E-state index in [1.807, 2.05) is 0 Å². The number of carboxylic acids is 1. The monoisotopic (exact) mass is 159 g/mol. The molecular formula is C6H6ClNO2. The highest BCUT2D eigenvalue weighted by molar-refractivity contribution is 5.83. The van der Waals surface area contributed by atoms with Gasteiger partial charge in [0.25, 0.3) is 0 Å². The number of rotatable bonds is 1. The number of halogens is 1. The molecule has 1 aromatic heterocycles. The fraction of sp³-hybridized carbons (Fsp3) is 0. The van der Waals surface area contributed by atoms with Gasteiger partial charge in [0.05, 0.1) is 24.1 Å². The standard InChI is InChI=1S/C6H5NO2.ClH2/c8-6(9)5-3-1-2-4-7-5;/h1-4H,(H,8,9);1H2/q;+1/p-1. The minimum Gasteiger partial charge on any atom is -0.543 e. The zero-order chi connectivity index (χ0) is 6.69. The lowest BCUT2D eigenvalue weighted by Gasteiger charge is -1.96. The van der Waals surface area contributed by atoms with E-state index in [0.717, 1.165) is 0 Å². The Hall–Kier alpha value is -1.09. The van der Waals surface area contributed by atoms with E-state index in [9.17, 15) is 9.90 Å². The predicted octanol–water partition coefficient (Wildman–Crippen LogP) is -1.09. The third-order valence-corrected chi connectivity index (χ3v) is 0.874. The second kappa shape index (κ2) is 3.85. The molecule has 0 radical (unpaired) electrons. The molecule has 0 saturated carbocycles. The van der Waals surface area contributed by atoms with Gasteiger partial charge in [-0.2, -0.15) is 0 Å². The molecule has 0 amide bonds. The average molecular weight is 160 g/mol. The van der Waals surface area contributed by atoms with Crippen LogP contribution in [0.15, 0.2) is 24.4 Å². The third-order valence-electron chi connectivity index (χ3n) is 0.874. The first kappa shape index (κ1) is 8.91. The number of pyridine rings is 1. The molecule has 1 rings (SSSR count). The van der Waals surface area contributed by atoms with Crippen molar-refractivity contribution in [1.29, 1.82) is 0 Å². The van der Waals surface area contributed by atoms with Crippen molar-refractivity contribution < 1.29 is 22.3 Å². The Morgan fingerprint density at radius 2 is 2.20 bits per heavy atom. The van der Waals surface area contributed by atoms with Gasteiger partial charge in [-0.1, -0.05) is 6.07 Å². The molecule has 0 fully saturated rings. The van der Waals surface area contributed by atoms with Gasteiger partial charge in [0, 0.05) is 6.20 Å². The summed E-state index contributed by atoms with van der Waals surface area (Å²) in [6.45, 7) is 0. The van der Waals surface area contributed by atoms with Gasteiger partial charge in [-0.3, -0.25) is 4.98 Å². The van der Waals surface area contributed by atoms with Crippen LogP contribution in [0.4, 0.5) is 0 Å². The summed E-state index contributed by atoms with van der Waals surface area (Å²) >= 11 is 0. The molecule has 0 aliphatic carbocycles. The minimum absolute atomic E-state index is 0. The maximum atomic E-state index is 10.0. The van der Waals surface area contributed by atoms with Gasteiger partial charge in [0.15, 0.2) is 0 Å². The van der Waals surface area contributed by atoms with E-state index >= 15 is 0 Å². The highest BCUT2D eigenvalue weighted by Gasteiger charge is 1.87. The molecule has 0 aromatic carbocycles. The van der Waals surface area contributed by atoms with Crippen molar-refractivity contribution in [3.63, 3.8) is 0 Å². The van der Waals surface area contributed by atoms with Crippen molar-refractivity contribution >= 4 is 5.97 Å². The first-order valence-corrected chi connectivity index (χ1v) is 2.43. The van der Waals surface area contributed by atoms with Crippen LogP contribution in [-0.4, -0.2) is 11.0 Å². The second-order valence-electron chi connectivity index (χ2n) is 1.50. The molecule has 0 aliphatic heterocycles. The summed E-state index contributed by atoms with van der Waals surface area (Å²) in [5.74, 6) is -1.24. The van der Waals surface area contributed by atoms with Crippen molar-refractivity contribution in [3.8, 4) is 0 Å². The molecule has 0 bridgehead atoms. The van der Waals surface area contributed by atoms with Gasteiger partial charge in [-0.25, -0.2) is 0 Å². The van der Waals surface area contributed by atoms with Gasteiger partial charge in [-0.05, 0) is 12.1 Å². The number of hydrogen-bond acceptors (Lipinski definition) is 3. The van der Waals surface area contributed by atoms with E-state index in [4.69, 9.17) is 0 Å². The number of carboxylic acid groups (broad SMARTS) is 1. The smallest absolute Gasteiger partial charge is 0.0903 e. The fourth-order valence-corrected chi connectivity index (χ4v) is 0.484. The van der Waals surface area contributed by atoms with Crippen LogP contribution < -0.4 is 5.11 Å². The number of aromatic nitrogens is 1. The summed E-state index contributed by atoms with van der Waals surface area (Å²) in [4.78, 5) is 13.5. The Morgan fingerprint density at radius 3 is 2.50 bits per heavy atom. The Balaban J connectivity index is 0.000000810. The molecule has 0 spiro atoms. The van der Waals surface area contributed by atoms with E-state index in [1.165, 1.54) is 12.3 Å². The zero-order valence-corrected chi connectivity index (χ0v) is 5.91. The molecule has 0 N–H and O–H groups in total. The van der Waals surface area contributed by atoms with Crippen LogP contribution in [0.25, 0.3) is 0 Å². The quantitative estimate of drug-likeness (QED) is 0.523. The van der Waals surface area contributed by atoms with Gasteiger partial charge in [-0.15, -0.1) is 0 Å².